The predicted octanol–water partition coefficient (Wildman–Crippen LogP) is 3.22. The molecule has 3 nitrogen and oxygen atoms in total. The summed E-state index contributed by atoms with van der Waals surface area (Å²) in [5.74, 6) is 0.394. The maximum absolute atomic E-state index is 12.7. The molecule has 1 aromatic carbocycles. The van der Waals surface area contributed by atoms with Crippen LogP contribution in [0.3, 0.4) is 0 Å². The van der Waals surface area contributed by atoms with E-state index in [0.29, 0.717) is 5.92 Å². The van der Waals surface area contributed by atoms with Crippen LogP contribution >= 0.6 is 0 Å². The van der Waals surface area contributed by atoms with Crippen LogP contribution in [0.15, 0.2) is 30.3 Å². The molecule has 2 atom stereocenters. The van der Waals surface area contributed by atoms with Crippen LogP contribution < -0.4 is 5.73 Å². The summed E-state index contributed by atoms with van der Waals surface area (Å²) in [6.07, 6.45) is 0. The second kappa shape index (κ2) is 7.44. The summed E-state index contributed by atoms with van der Waals surface area (Å²) >= 11 is 0. The first-order valence-corrected chi connectivity index (χ1v) is 7.45. The minimum Gasteiger partial charge on any atom is -0.340 e. The Morgan fingerprint density at radius 2 is 1.65 bits per heavy atom. The maximum Gasteiger partial charge on any atom is 0.227 e. The van der Waals surface area contributed by atoms with E-state index in [4.69, 9.17) is 5.73 Å². The fraction of sp³-hybridized carbons (Fsp3) is 0.588. The second-order valence-electron chi connectivity index (χ2n) is 6.20. The standard InChI is InChI=1S/C17H28N2O/c1-12(2)11-19(13(3)4)17(20)14(5)16(18)15-9-7-6-8-10-15/h6-10,12-14,16H,11,18H2,1-5H3. The highest BCUT2D eigenvalue weighted by Crippen LogP contribution is 2.22. The molecule has 3 heteroatoms. The topological polar surface area (TPSA) is 46.3 Å². The van der Waals surface area contributed by atoms with Gasteiger partial charge >= 0.3 is 0 Å². The second-order valence-corrected chi connectivity index (χ2v) is 6.20. The van der Waals surface area contributed by atoms with Gasteiger partial charge in [0.25, 0.3) is 0 Å². The van der Waals surface area contributed by atoms with Crippen molar-refractivity contribution in [3.63, 3.8) is 0 Å². The third-order valence-corrected chi connectivity index (χ3v) is 3.58. The van der Waals surface area contributed by atoms with Gasteiger partial charge in [-0.05, 0) is 25.3 Å². The number of hydrogen-bond donors (Lipinski definition) is 1. The zero-order chi connectivity index (χ0) is 15.3. The Kier molecular flexibility index (Phi) is 6.21. The van der Waals surface area contributed by atoms with Crippen LogP contribution in [0.25, 0.3) is 0 Å². The van der Waals surface area contributed by atoms with Gasteiger partial charge in [-0.15, -0.1) is 0 Å². The number of nitrogens with two attached hydrogens (primary N) is 1. The number of hydrogen-bond acceptors (Lipinski definition) is 2. The monoisotopic (exact) mass is 276 g/mol. The summed E-state index contributed by atoms with van der Waals surface area (Å²) in [5, 5.41) is 0. The number of benzene rings is 1. The lowest BCUT2D eigenvalue weighted by Gasteiger charge is -2.33. The van der Waals surface area contributed by atoms with E-state index in [2.05, 4.69) is 27.7 Å². The van der Waals surface area contributed by atoms with Gasteiger partial charge in [0, 0.05) is 18.6 Å². The average molecular weight is 276 g/mol. The van der Waals surface area contributed by atoms with Crippen molar-refractivity contribution in [3.8, 4) is 0 Å². The summed E-state index contributed by atoms with van der Waals surface area (Å²) in [7, 11) is 0. The Morgan fingerprint density at radius 1 is 1.10 bits per heavy atom. The SMILES string of the molecule is CC(C)CN(C(=O)C(C)C(N)c1ccccc1)C(C)C. The summed E-state index contributed by atoms with van der Waals surface area (Å²) in [6, 6.07) is 9.80. The number of amides is 1. The van der Waals surface area contributed by atoms with Crippen molar-refractivity contribution in [2.24, 2.45) is 17.6 Å². The minimum atomic E-state index is -0.253. The molecule has 2 unspecified atom stereocenters. The quantitative estimate of drug-likeness (QED) is 0.867. The first-order valence-electron chi connectivity index (χ1n) is 7.45. The first-order chi connectivity index (χ1) is 9.34. The van der Waals surface area contributed by atoms with Gasteiger partial charge < -0.3 is 10.6 Å². The largest absolute Gasteiger partial charge is 0.340 e. The molecule has 0 bridgehead atoms. The molecular weight excluding hydrogens is 248 g/mol. The van der Waals surface area contributed by atoms with Crippen molar-refractivity contribution in [2.75, 3.05) is 6.54 Å². The van der Waals surface area contributed by atoms with Gasteiger partial charge in [0.2, 0.25) is 5.91 Å². The zero-order valence-corrected chi connectivity index (χ0v) is 13.3. The molecule has 0 aliphatic carbocycles. The van der Waals surface area contributed by atoms with Gasteiger partial charge in [0.05, 0.1) is 5.92 Å². The Balaban J connectivity index is 2.83. The fourth-order valence-corrected chi connectivity index (χ4v) is 2.33. The van der Waals surface area contributed by atoms with E-state index in [0.717, 1.165) is 12.1 Å². The number of carbonyl (C=O) groups is 1. The Morgan fingerprint density at radius 3 is 2.10 bits per heavy atom. The third-order valence-electron chi connectivity index (χ3n) is 3.58. The van der Waals surface area contributed by atoms with Crippen molar-refractivity contribution in [1.82, 2.24) is 4.90 Å². The minimum absolute atomic E-state index is 0.144. The van der Waals surface area contributed by atoms with Crippen molar-refractivity contribution < 1.29 is 4.79 Å². The lowest BCUT2D eigenvalue weighted by molar-refractivity contribution is -0.138. The number of carbonyl (C=O) groups excluding carboxylic acids is 1. The molecular formula is C17H28N2O. The number of nitrogens with zero attached hydrogens (tertiary/aromatic N) is 1. The molecule has 0 aliphatic heterocycles. The third kappa shape index (κ3) is 4.34. The molecule has 20 heavy (non-hydrogen) atoms. The molecule has 0 fully saturated rings. The molecule has 0 spiro atoms. The van der Waals surface area contributed by atoms with Crippen LogP contribution in [0, 0.1) is 11.8 Å². The number of rotatable bonds is 6. The summed E-state index contributed by atoms with van der Waals surface area (Å²) in [4.78, 5) is 14.6. The highest BCUT2D eigenvalue weighted by atomic mass is 16.2. The van der Waals surface area contributed by atoms with Gasteiger partial charge in [-0.25, -0.2) is 0 Å². The fourth-order valence-electron chi connectivity index (χ4n) is 2.33. The smallest absolute Gasteiger partial charge is 0.227 e. The summed E-state index contributed by atoms with van der Waals surface area (Å²) in [6.45, 7) is 11.1. The molecule has 1 aromatic rings. The zero-order valence-electron chi connectivity index (χ0n) is 13.3. The molecule has 0 heterocycles. The molecule has 1 amide bonds. The normalized spacial score (nSPS) is 14.4. The van der Waals surface area contributed by atoms with Crippen LogP contribution in [-0.2, 0) is 4.79 Å². The van der Waals surface area contributed by atoms with Crippen molar-refractivity contribution >= 4 is 5.91 Å². The maximum atomic E-state index is 12.7. The molecule has 112 valence electrons. The summed E-state index contributed by atoms with van der Waals surface area (Å²) in [5.41, 5.74) is 7.28. The molecule has 0 aliphatic rings. The Bertz CT molecular complexity index is 414. The predicted molar refractivity (Wildman–Crippen MR) is 84.2 cm³/mol. The van der Waals surface area contributed by atoms with Crippen LogP contribution in [-0.4, -0.2) is 23.4 Å². The summed E-state index contributed by atoms with van der Waals surface area (Å²) < 4.78 is 0. The molecule has 0 saturated heterocycles. The average Bonchev–Trinajstić information content (AvgIpc) is 2.43. The van der Waals surface area contributed by atoms with Gasteiger partial charge in [0.1, 0.15) is 0 Å². The van der Waals surface area contributed by atoms with E-state index in [9.17, 15) is 4.79 Å². The lowest BCUT2D eigenvalue weighted by atomic mass is 9.93. The van der Waals surface area contributed by atoms with Gasteiger partial charge in [0.15, 0.2) is 0 Å². The van der Waals surface area contributed by atoms with Crippen molar-refractivity contribution in [3.05, 3.63) is 35.9 Å². The van der Waals surface area contributed by atoms with Crippen LogP contribution in [0.5, 0.6) is 0 Å². The highest BCUT2D eigenvalue weighted by Gasteiger charge is 2.28. The van der Waals surface area contributed by atoms with Crippen molar-refractivity contribution in [2.45, 2.75) is 46.7 Å². The first kappa shape index (κ1) is 16.7. The van der Waals surface area contributed by atoms with Crippen molar-refractivity contribution in [1.29, 1.82) is 0 Å². The van der Waals surface area contributed by atoms with E-state index < -0.39 is 0 Å². The van der Waals surface area contributed by atoms with Crippen LogP contribution in [0.4, 0.5) is 0 Å². The van der Waals surface area contributed by atoms with E-state index in [1.807, 2.05) is 42.2 Å². The van der Waals surface area contributed by atoms with E-state index in [1.54, 1.807) is 0 Å². The molecule has 0 saturated carbocycles. The molecule has 0 aromatic heterocycles. The van der Waals surface area contributed by atoms with E-state index in [-0.39, 0.29) is 23.9 Å². The highest BCUT2D eigenvalue weighted by molar-refractivity contribution is 5.79. The van der Waals surface area contributed by atoms with Crippen LogP contribution in [0.1, 0.15) is 46.2 Å². The molecule has 2 N–H and O–H groups in total. The van der Waals surface area contributed by atoms with Gasteiger partial charge in [-0.3, -0.25) is 4.79 Å². The van der Waals surface area contributed by atoms with Crippen LogP contribution in [0.2, 0.25) is 0 Å². The molecule has 0 radical (unpaired) electrons. The van der Waals surface area contributed by atoms with Gasteiger partial charge in [-0.2, -0.15) is 0 Å². The van der Waals surface area contributed by atoms with E-state index >= 15 is 0 Å². The molecule has 1 rings (SSSR count). The Labute approximate surface area is 123 Å². The van der Waals surface area contributed by atoms with E-state index in [1.165, 1.54) is 0 Å². The Hall–Kier alpha value is -1.35. The lowest BCUT2D eigenvalue weighted by Crippen LogP contribution is -2.44. The van der Waals surface area contributed by atoms with Gasteiger partial charge in [-0.1, -0.05) is 51.1 Å².